The maximum atomic E-state index is 12.6. The van der Waals surface area contributed by atoms with Gasteiger partial charge in [-0.3, -0.25) is 9.52 Å². The van der Waals surface area contributed by atoms with Crippen LogP contribution >= 0.6 is 0 Å². The second-order valence-corrected chi connectivity index (χ2v) is 7.22. The number of benzene rings is 2. The number of ether oxygens (including phenoxy) is 2. The molecule has 0 fully saturated rings. The molecular formula is C17H15NO7S. The number of hydrogen-bond acceptors (Lipinski definition) is 6. The summed E-state index contributed by atoms with van der Waals surface area (Å²) in [6.07, 6.45) is 0. The first-order chi connectivity index (χ1) is 12.3. The molecule has 9 heteroatoms. The molecule has 0 saturated carbocycles. The van der Waals surface area contributed by atoms with Crippen LogP contribution in [0.4, 0.5) is 5.69 Å². The zero-order valence-corrected chi connectivity index (χ0v) is 14.5. The van der Waals surface area contributed by atoms with E-state index < -0.39 is 16.0 Å². The fourth-order valence-corrected chi connectivity index (χ4v) is 3.49. The van der Waals surface area contributed by atoms with E-state index in [1.54, 1.807) is 0 Å². The molecule has 136 valence electrons. The largest absolute Gasteiger partial charge is 0.486 e. The minimum atomic E-state index is -4.06. The molecular weight excluding hydrogens is 362 g/mol. The summed E-state index contributed by atoms with van der Waals surface area (Å²) in [5.74, 6) is -1.01. The van der Waals surface area contributed by atoms with Crippen LogP contribution < -0.4 is 14.2 Å². The molecule has 0 unspecified atom stereocenters. The van der Waals surface area contributed by atoms with E-state index in [9.17, 15) is 23.1 Å². The van der Waals surface area contributed by atoms with Crippen molar-refractivity contribution in [1.29, 1.82) is 0 Å². The van der Waals surface area contributed by atoms with Crippen molar-refractivity contribution in [3.63, 3.8) is 0 Å². The lowest BCUT2D eigenvalue weighted by atomic mass is 10.1. The van der Waals surface area contributed by atoms with Crippen LogP contribution in [0.15, 0.2) is 41.3 Å². The number of rotatable bonds is 5. The number of hydrogen-bond donors (Lipinski definition) is 2. The third kappa shape index (κ3) is 3.47. The summed E-state index contributed by atoms with van der Waals surface area (Å²) in [7, 11) is -4.06. The van der Waals surface area contributed by atoms with Gasteiger partial charge in [-0.1, -0.05) is 12.1 Å². The number of anilines is 1. The predicted molar refractivity (Wildman–Crippen MR) is 91.6 cm³/mol. The van der Waals surface area contributed by atoms with E-state index in [1.165, 1.54) is 43.3 Å². The fourth-order valence-electron chi connectivity index (χ4n) is 2.42. The van der Waals surface area contributed by atoms with Crippen molar-refractivity contribution in [3.05, 3.63) is 47.5 Å². The van der Waals surface area contributed by atoms with Gasteiger partial charge in [-0.2, -0.15) is 0 Å². The van der Waals surface area contributed by atoms with Crippen molar-refractivity contribution in [2.75, 3.05) is 17.9 Å². The molecule has 1 aliphatic rings. The molecule has 0 bridgehead atoms. The summed E-state index contributed by atoms with van der Waals surface area (Å²) in [6.45, 7) is 1.92. The number of nitrogens with one attached hydrogen (secondary N) is 1. The van der Waals surface area contributed by atoms with Gasteiger partial charge < -0.3 is 14.6 Å². The SMILES string of the molecule is CC(=O)c1ccc(S(=O)(=O)Nc2cc3c(cc2C(=O)O)OCCO3)cc1. The molecule has 1 heterocycles. The Labute approximate surface area is 149 Å². The molecule has 2 aromatic rings. The zero-order valence-electron chi connectivity index (χ0n) is 13.7. The van der Waals surface area contributed by atoms with Gasteiger partial charge in [0.2, 0.25) is 0 Å². The summed E-state index contributed by atoms with van der Waals surface area (Å²) in [4.78, 5) is 22.7. The van der Waals surface area contributed by atoms with Gasteiger partial charge in [0.15, 0.2) is 17.3 Å². The lowest BCUT2D eigenvalue weighted by Crippen LogP contribution is -2.19. The Hall–Kier alpha value is -3.07. The third-order valence-corrected chi connectivity index (χ3v) is 5.11. The van der Waals surface area contributed by atoms with Crippen LogP contribution in [-0.2, 0) is 10.0 Å². The summed E-state index contributed by atoms with van der Waals surface area (Å²) >= 11 is 0. The van der Waals surface area contributed by atoms with Gasteiger partial charge in [-0.05, 0) is 19.1 Å². The molecule has 26 heavy (non-hydrogen) atoms. The van der Waals surface area contributed by atoms with E-state index in [4.69, 9.17) is 9.47 Å². The third-order valence-electron chi connectivity index (χ3n) is 3.73. The number of carboxylic acids is 1. The predicted octanol–water partition coefficient (Wildman–Crippen LogP) is 2.16. The number of carbonyl (C=O) groups excluding carboxylic acids is 1. The maximum Gasteiger partial charge on any atom is 0.337 e. The quantitative estimate of drug-likeness (QED) is 0.766. The number of sulfonamides is 1. The minimum absolute atomic E-state index is 0.103. The van der Waals surface area contributed by atoms with E-state index in [0.29, 0.717) is 5.56 Å². The Bertz CT molecular complexity index is 981. The van der Waals surface area contributed by atoms with E-state index in [1.807, 2.05) is 0 Å². The molecule has 0 aliphatic carbocycles. The van der Waals surface area contributed by atoms with Crippen LogP contribution in [0.2, 0.25) is 0 Å². The van der Waals surface area contributed by atoms with Crippen LogP contribution in [-0.4, -0.2) is 38.5 Å². The summed E-state index contributed by atoms with van der Waals surface area (Å²) in [5, 5.41) is 9.36. The number of carbonyl (C=O) groups is 2. The molecule has 0 amide bonds. The van der Waals surface area contributed by atoms with Crippen LogP contribution in [0, 0.1) is 0 Å². The van der Waals surface area contributed by atoms with Gasteiger partial charge in [-0.25, -0.2) is 13.2 Å². The average molecular weight is 377 g/mol. The first kappa shape index (κ1) is 17.7. The van der Waals surface area contributed by atoms with Crippen molar-refractivity contribution in [1.82, 2.24) is 0 Å². The minimum Gasteiger partial charge on any atom is -0.486 e. The van der Waals surface area contributed by atoms with Crippen molar-refractivity contribution >= 4 is 27.5 Å². The van der Waals surface area contributed by atoms with Crippen LogP contribution in [0.25, 0.3) is 0 Å². The second kappa shape index (κ2) is 6.68. The lowest BCUT2D eigenvalue weighted by Gasteiger charge is -2.20. The van der Waals surface area contributed by atoms with Gasteiger partial charge in [0.1, 0.15) is 13.2 Å². The first-order valence-corrected chi connectivity index (χ1v) is 9.07. The van der Waals surface area contributed by atoms with Crippen LogP contribution in [0.1, 0.15) is 27.6 Å². The van der Waals surface area contributed by atoms with Crippen molar-refractivity contribution < 1.29 is 32.6 Å². The number of ketones is 1. The number of fused-ring (bicyclic) bond motifs is 1. The Kier molecular flexibility index (Phi) is 4.56. The van der Waals surface area contributed by atoms with Crippen molar-refractivity contribution in [2.24, 2.45) is 0 Å². The van der Waals surface area contributed by atoms with E-state index in [2.05, 4.69) is 4.72 Å². The topological polar surface area (TPSA) is 119 Å². The van der Waals surface area contributed by atoms with Gasteiger partial charge in [-0.15, -0.1) is 0 Å². The molecule has 0 spiro atoms. The Balaban J connectivity index is 1.98. The van der Waals surface area contributed by atoms with Crippen molar-refractivity contribution in [2.45, 2.75) is 11.8 Å². The molecule has 2 N–H and O–H groups in total. The average Bonchev–Trinajstić information content (AvgIpc) is 2.60. The van der Waals surface area contributed by atoms with E-state index in [0.717, 1.165) is 0 Å². The highest BCUT2D eigenvalue weighted by Gasteiger charge is 2.23. The van der Waals surface area contributed by atoms with E-state index in [-0.39, 0.29) is 46.6 Å². The Morgan fingerprint density at radius 3 is 2.15 bits per heavy atom. The highest BCUT2D eigenvalue weighted by molar-refractivity contribution is 7.92. The van der Waals surface area contributed by atoms with Crippen LogP contribution in [0.5, 0.6) is 11.5 Å². The second-order valence-electron chi connectivity index (χ2n) is 5.53. The summed E-state index contributed by atoms with van der Waals surface area (Å²) < 4.78 is 38.1. The number of Topliss-reactive ketones (excluding diaryl/α,β-unsaturated/α-hetero) is 1. The molecule has 0 aromatic heterocycles. The first-order valence-electron chi connectivity index (χ1n) is 7.59. The van der Waals surface area contributed by atoms with Gasteiger partial charge in [0.25, 0.3) is 10.0 Å². The smallest absolute Gasteiger partial charge is 0.337 e. The fraction of sp³-hybridized carbons (Fsp3) is 0.176. The van der Waals surface area contributed by atoms with Gasteiger partial charge in [0, 0.05) is 17.7 Å². The molecule has 0 saturated heterocycles. The van der Waals surface area contributed by atoms with Gasteiger partial charge >= 0.3 is 5.97 Å². The molecule has 1 aliphatic heterocycles. The highest BCUT2D eigenvalue weighted by atomic mass is 32.2. The molecule has 2 aromatic carbocycles. The molecule has 0 radical (unpaired) electrons. The number of carboxylic acid groups (broad SMARTS) is 1. The Morgan fingerprint density at radius 1 is 1.04 bits per heavy atom. The summed E-state index contributed by atoms with van der Waals surface area (Å²) in [5.41, 5.74) is -0.0370. The van der Waals surface area contributed by atoms with E-state index >= 15 is 0 Å². The summed E-state index contributed by atoms with van der Waals surface area (Å²) in [6, 6.07) is 7.82. The maximum absolute atomic E-state index is 12.6. The normalized spacial score (nSPS) is 13.1. The highest BCUT2D eigenvalue weighted by Crippen LogP contribution is 2.36. The molecule has 8 nitrogen and oxygen atoms in total. The molecule has 0 atom stereocenters. The molecule has 3 rings (SSSR count). The number of aromatic carboxylic acids is 1. The monoisotopic (exact) mass is 377 g/mol. The lowest BCUT2D eigenvalue weighted by molar-refractivity contribution is 0.0696. The van der Waals surface area contributed by atoms with Gasteiger partial charge in [0.05, 0.1) is 16.1 Å². The standard InChI is InChI=1S/C17H15NO7S/c1-10(19)11-2-4-12(5-3-11)26(22,23)18-14-9-16-15(24-6-7-25-16)8-13(14)17(20)21/h2-5,8-9,18H,6-7H2,1H3,(H,20,21). The zero-order chi connectivity index (χ0) is 18.9. The Morgan fingerprint density at radius 2 is 1.62 bits per heavy atom. The van der Waals surface area contributed by atoms with Crippen LogP contribution in [0.3, 0.4) is 0 Å². The van der Waals surface area contributed by atoms with Crippen molar-refractivity contribution in [3.8, 4) is 11.5 Å².